The van der Waals surface area contributed by atoms with Gasteiger partial charge in [-0.05, 0) is 18.4 Å². The van der Waals surface area contributed by atoms with Crippen molar-refractivity contribution < 1.29 is 14.1 Å². The molecule has 0 radical (unpaired) electrons. The summed E-state index contributed by atoms with van der Waals surface area (Å²) in [5, 5.41) is 6.69. The first-order chi connectivity index (χ1) is 11.7. The number of benzene rings is 1. The third-order valence-electron chi connectivity index (χ3n) is 4.21. The average Bonchev–Trinajstić information content (AvgIpc) is 3.25. The predicted octanol–water partition coefficient (Wildman–Crippen LogP) is 1.57. The fourth-order valence-electron chi connectivity index (χ4n) is 2.93. The molecule has 1 atom stereocenters. The molecule has 1 aliphatic heterocycles. The Morgan fingerprint density at radius 1 is 1.25 bits per heavy atom. The summed E-state index contributed by atoms with van der Waals surface area (Å²) in [7, 11) is 0. The van der Waals surface area contributed by atoms with E-state index in [1.807, 2.05) is 35.2 Å². The van der Waals surface area contributed by atoms with Gasteiger partial charge in [-0.1, -0.05) is 35.5 Å². The van der Waals surface area contributed by atoms with Gasteiger partial charge >= 0.3 is 0 Å². The fourth-order valence-corrected chi connectivity index (χ4v) is 2.93. The van der Waals surface area contributed by atoms with Crippen LogP contribution in [0.2, 0.25) is 0 Å². The molecule has 2 amide bonds. The minimum atomic E-state index is -0.0903. The number of nitrogens with zero attached hydrogens (tertiary/aromatic N) is 2. The van der Waals surface area contributed by atoms with Gasteiger partial charge in [0, 0.05) is 31.6 Å². The van der Waals surface area contributed by atoms with Gasteiger partial charge in [0.1, 0.15) is 6.26 Å². The molecule has 0 spiro atoms. The number of rotatable bonds is 6. The minimum absolute atomic E-state index is 0.0186. The molecule has 1 aromatic heterocycles. The quantitative estimate of drug-likeness (QED) is 0.874. The Kier molecular flexibility index (Phi) is 5.25. The minimum Gasteiger partial charge on any atom is -0.364 e. The molecule has 6 heteroatoms. The van der Waals surface area contributed by atoms with Gasteiger partial charge in [0.2, 0.25) is 11.8 Å². The zero-order valence-electron chi connectivity index (χ0n) is 13.5. The van der Waals surface area contributed by atoms with E-state index >= 15 is 0 Å². The van der Waals surface area contributed by atoms with Crippen LogP contribution >= 0.6 is 0 Å². The van der Waals surface area contributed by atoms with Crippen LogP contribution in [0.25, 0.3) is 0 Å². The molecule has 126 valence electrons. The summed E-state index contributed by atoms with van der Waals surface area (Å²) in [6.07, 6.45) is 3.70. The first kappa shape index (κ1) is 16.2. The topological polar surface area (TPSA) is 75.4 Å². The van der Waals surface area contributed by atoms with E-state index in [9.17, 15) is 9.59 Å². The Morgan fingerprint density at radius 3 is 2.83 bits per heavy atom. The summed E-state index contributed by atoms with van der Waals surface area (Å²) >= 11 is 0. The van der Waals surface area contributed by atoms with Crippen molar-refractivity contribution in [3.8, 4) is 0 Å². The molecule has 1 unspecified atom stereocenters. The molecule has 24 heavy (non-hydrogen) atoms. The molecule has 3 rings (SSSR count). The average molecular weight is 327 g/mol. The van der Waals surface area contributed by atoms with Gasteiger partial charge in [-0.25, -0.2) is 0 Å². The van der Waals surface area contributed by atoms with Crippen molar-refractivity contribution in [1.82, 2.24) is 15.4 Å². The predicted molar refractivity (Wildman–Crippen MR) is 88.1 cm³/mol. The maximum absolute atomic E-state index is 12.3. The van der Waals surface area contributed by atoms with Gasteiger partial charge in [0.05, 0.1) is 12.1 Å². The van der Waals surface area contributed by atoms with Crippen molar-refractivity contribution in [1.29, 1.82) is 0 Å². The van der Waals surface area contributed by atoms with Crippen LogP contribution < -0.4 is 5.32 Å². The van der Waals surface area contributed by atoms with Crippen LogP contribution in [0.3, 0.4) is 0 Å². The Labute approximate surface area is 140 Å². The molecule has 1 aromatic carbocycles. The summed E-state index contributed by atoms with van der Waals surface area (Å²) in [4.78, 5) is 26.1. The molecule has 0 bridgehead atoms. The SMILES string of the molecule is O=C(Cc1ccon1)NC1CCN(C(=O)CCc2ccccc2)C1. The highest BCUT2D eigenvalue weighted by Crippen LogP contribution is 2.13. The number of nitrogens with one attached hydrogen (secondary N) is 1. The number of hydrogen-bond acceptors (Lipinski definition) is 4. The molecular formula is C18H21N3O3. The largest absolute Gasteiger partial charge is 0.364 e. The monoisotopic (exact) mass is 327 g/mol. The van der Waals surface area contributed by atoms with E-state index in [0.717, 1.165) is 12.8 Å². The third-order valence-corrected chi connectivity index (χ3v) is 4.21. The molecule has 1 saturated heterocycles. The van der Waals surface area contributed by atoms with Gasteiger partial charge in [0.25, 0.3) is 0 Å². The van der Waals surface area contributed by atoms with E-state index in [4.69, 9.17) is 4.52 Å². The van der Waals surface area contributed by atoms with E-state index in [-0.39, 0.29) is 24.3 Å². The van der Waals surface area contributed by atoms with Crippen molar-refractivity contribution in [3.63, 3.8) is 0 Å². The van der Waals surface area contributed by atoms with Crippen molar-refractivity contribution in [3.05, 3.63) is 53.9 Å². The molecule has 0 aliphatic carbocycles. The second kappa shape index (κ2) is 7.77. The van der Waals surface area contributed by atoms with Crippen molar-refractivity contribution in [2.24, 2.45) is 0 Å². The molecule has 1 N–H and O–H groups in total. The van der Waals surface area contributed by atoms with Crippen LogP contribution in [0, 0.1) is 0 Å². The Balaban J connectivity index is 1.41. The van der Waals surface area contributed by atoms with E-state index in [0.29, 0.717) is 25.2 Å². The van der Waals surface area contributed by atoms with Crippen molar-refractivity contribution in [2.75, 3.05) is 13.1 Å². The van der Waals surface area contributed by atoms with E-state index in [1.54, 1.807) is 6.07 Å². The molecular weight excluding hydrogens is 306 g/mol. The maximum Gasteiger partial charge on any atom is 0.226 e. The summed E-state index contributed by atoms with van der Waals surface area (Å²) in [5.74, 6) is 0.0552. The second-order valence-corrected chi connectivity index (χ2v) is 6.05. The molecule has 0 saturated carbocycles. The lowest BCUT2D eigenvalue weighted by Crippen LogP contribution is -2.39. The van der Waals surface area contributed by atoms with Crippen LogP contribution in [-0.4, -0.2) is 41.0 Å². The number of amides is 2. The number of carbonyl (C=O) groups is 2. The molecule has 2 heterocycles. The number of likely N-dealkylation sites (tertiary alicyclic amines) is 1. The van der Waals surface area contributed by atoms with Crippen LogP contribution in [0.4, 0.5) is 0 Å². The number of aromatic nitrogens is 1. The number of aryl methyl sites for hydroxylation is 1. The third kappa shape index (κ3) is 4.44. The standard InChI is InChI=1S/C18H21N3O3/c22-17(12-15-9-11-24-20-15)19-16-8-10-21(13-16)18(23)7-6-14-4-2-1-3-5-14/h1-5,9,11,16H,6-8,10,12-13H2,(H,19,22). The van der Waals surface area contributed by atoms with Gasteiger partial charge in [0.15, 0.2) is 0 Å². The molecule has 1 fully saturated rings. The van der Waals surface area contributed by atoms with Gasteiger partial charge < -0.3 is 14.7 Å². The highest BCUT2D eigenvalue weighted by atomic mass is 16.5. The lowest BCUT2D eigenvalue weighted by molar-refractivity contribution is -0.130. The Bertz CT molecular complexity index is 670. The zero-order chi connectivity index (χ0) is 16.8. The molecule has 6 nitrogen and oxygen atoms in total. The maximum atomic E-state index is 12.3. The Morgan fingerprint density at radius 2 is 2.08 bits per heavy atom. The summed E-state index contributed by atoms with van der Waals surface area (Å²) in [6, 6.07) is 11.7. The lowest BCUT2D eigenvalue weighted by Gasteiger charge is -2.17. The van der Waals surface area contributed by atoms with Crippen LogP contribution in [0.1, 0.15) is 24.1 Å². The van der Waals surface area contributed by atoms with Crippen molar-refractivity contribution >= 4 is 11.8 Å². The van der Waals surface area contributed by atoms with Crippen molar-refractivity contribution in [2.45, 2.75) is 31.7 Å². The first-order valence-electron chi connectivity index (χ1n) is 8.21. The highest BCUT2D eigenvalue weighted by molar-refractivity contribution is 5.79. The normalized spacial score (nSPS) is 17.0. The van der Waals surface area contributed by atoms with Gasteiger partial charge in [-0.3, -0.25) is 9.59 Å². The Hall–Kier alpha value is -2.63. The van der Waals surface area contributed by atoms with E-state index in [1.165, 1.54) is 11.8 Å². The summed E-state index contributed by atoms with van der Waals surface area (Å²) in [5.41, 5.74) is 1.78. The smallest absolute Gasteiger partial charge is 0.226 e. The van der Waals surface area contributed by atoms with Gasteiger partial charge in [-0.2, -0.15) is 0 Å². The molecule has 2 aromatic rings. The highest BCUT2D eigenvalue weighted by Gasteiger charge is 2.27. The van der Waals surface area contributed by atoms with Crippen LogP contribution in [0.15, 0.2) is 47.2 Å². The number of carbonyl (C=O) groups excluding carboxylic acids is 2. The first-order valence-corrected chi connectivity index (χ1v) is 8.21. The van der Waals surface area contributed by atoms with Crippen LogP contribution in [-0.2, 0) is 22.4 Å². The van der Waals surface area contributed by atoms with Crippen LogP contribution in [0.5, 0.6) is 0 Å². The summed E-state index contributed by atoms with van der Waals surface area (Å²) in [6.45, 7) is 1.28. The number of hydrogen-bond donors (Lipinski definition) is 1. The van der Waals surface area contributed by atoms with Gasteiger partial charge in [-0.15, -0.1) is 0 Å². The van der Waals surface area contributed by atoms with E-state index < -0.39 is 0 Å². The van der Waals surface area contributed by atoms with E-state index in [2.05, 4.69) is 10.5 Å². The second-order valence-electron chi connectivity index (χ2n) is 6.05. The zero-order valence-corrected chi connectivity index (χ0v) is 13.5. The molecule has 1 aliphatic rings. The lowest BCUT2D eigenvalue weighted by atomic mass is 10.1. The summed E-state index contributed by atoms with van der Waals surface area (Å²) < 4.78 is 4.71. The fraction of sp³-hybridized carbons (Fsp3) is 0.389.